The summed E-state index contributed by atoms with van der Waals surface area (Å²) in [5, 5.41) is 5.70. The Morgan fingerprint density at radius 3 is 2.24 bits per heavy atom. The lowest BCUT2D eigenvalue weighted by molar-refractivity contribution is -0.137. The van der Waals surface area contributed by atoms with Gasteiger partial charge in [-0.2, -0.15) is 22.0 Å². The number of carbonyl (C=O) groups is 3. The van der Waals surface area contributed by atoms with Crippen LogP contribution in [0.25, 0.3) is 0 Å². The van der Waals surface area contributed by atoms with Gasteiger partial charge in [0.05, 0.1) is 27.8 Å². The van der Waals surface area contributed by atoms with Crippen molar-refractivity contribution >= 4 is 69.6 Å². The zero-order valence-corrected chi connectivity index (χ0v) is 22.7. The fraction of sp³-hybridized carbons (Fsp3) is 0.192. The van der Waals surface area contributed by atoms with Crippen molar-refractivity contribution in [1.29, 1.82) is 0 Å². The minimum absolute atomic E-state index is 0.0298. The van der Waals surface area contributed by atoms with Crippen LogP contribution in [0.5, 0.6) is 0 Å². The molecule has 3 N–H and O–H groups in total. The molecule has 0 radical (unpaired) electrons. The summed E-state index contributed by atoms with van der Waals surface area (Å²) in [6.45, 7) is 0. The number of benzene rings is 3. The number of halogens is 10. The van der Waals surface area contributed by atoms with E-state index in [4.69, 9.17) is 34.8 Å². The molecule has 1 fully saturated rings. The van der Waals surface area contributed by atoms with Crippen molar-refractivity contribution in [2.24, 2.45) is 5.92 Å². The topological polar surface area (TPSA) is 87.3 Å². The molecule has 1 saturated carbocycles. The maximum atomic E-state index is 14.7. The Labute approximate surface area is 247 Å². The molecular weight excluding hydrogens is 642 g/mol. The number of amides is 3. The summed E-state index contributed by atoms with van der Waals surface area (Å²) < 4.78 is 91.4. The number of alkyl halides is 7. The largest absolute Gasteiger partial charge is 0.416 e. The molecule has 2 atom stereocenters. The van der Waals surface area contributed by atoms with Crippen molar-refractivity contribution in [2.45, 2.75) is 22.9 Å². The molecule has 1 aliphatic carbocycles. The number of rotatable bonds is 7. The SMILES string of the molecule is O=C(Nc1ccc(F)c(NC(=O)C(F)F)c1F)c1cc(NC(=O)C2[C@H](c3cccc(C(F)(F)F)c3)C2(Cl)Cl)ccc1Cl. The van der Waals surface area contributed by atoms with Gasteiger partial charge < -0.3 is 16.0 Å². The van der Waals surface area contributed by atoms with Crippen LogP contribution in [0.2, 0.25) is 5.02 Å². The summed E-state index contributed by atoms with van der Waals surface area (Å²) >= 11 is 18.5. The average molecular weight is 657 g/mol. The highest BCUT2D eigenvalue weighted by Gasteiger charge is 2.67. The Hall–Kier alpha value is -3.55. The molecule has 0 aliphatic heterocycles. The molecule has 222 valence electrons. The molecule has 3 aromatic carbocycles. The minimum Gasteiger partial charge on any atom is -0.326 e. The standard InChI is InChI=1S/C26H15Cl3F7N3O3/c27-14-5-4-12(37-23(41)18-17(25(18,28)29)10-2-1-3-11(8-10)26(34,35)36)9-13(14)22(40)38-16-7-6-15(30)20(19(16)31)39-24(42)21(32)33/h1-9,17-18,21H,(H,37,41)(H,38,40)(H,39,42)/t17-,18?/m0/s1. The van der Waals surface area contributed by atoms with Crippen molar-refractivity contribution in [3.05, 3.63) is 87.9 Å². The fourth-order valence-electron chi connectivity index (χ4n) is 4.10. The molecule has 0 heterocycles. The molecule has 1 aliphatic rings. The molecule has 16 heteroatoms. The van der Waals surface area contributed by atoms with E-state index in [2.05, 4.69) is 10.6 Å². The Balaban J connectivity index is 1.52. The number of nitrogens with one attached hydrogen (secondary N) is 3. The van der Waals surface area contributed by atoms with Crippen LogP contribution in [0.4, 0.5) is 47.8 Å². The van der Waals surface area contributed by atoms with Gasteiger partial charge in [0.2, 0.25) is 5.91 Å². The van der Waals surface area contributed by atoms with Crippen LogP contribution in [-0.4, -0.2) is 28.5 Å². The molecule has 1 unspecified atom stereocenters. The van der Waals surface area contributed by atoms with E-state index in [-0.39, 0.29) is 21.8 Å². The lowest BCUT2D eigenvalue weighted by Crippen LogP contribution is -2.22. The average Bonchev–Trinajstić information content (AvgIpc) is 3.50. The highest BCUT2D eigenvalue weighted by Crippen LogP contribution is 2.65. The van der Waals surface area contributed by atoms with Crippen LogP contribution in [-0.2, 0) is 15.8 Å². The molecule has 42 heavy (non-hydrogen) atoms. The third-order valence-corrected chi connectivity index (χ3v) is 7.44. The molecule has 0 spiro atoms. The van der Waals surface area contributed by atoms with E-state index >= 15 is 0 Å². The van der Waals surface area contributed by atoms with Crippen LogP contribution in [0, 0.1) is 17.6 Å². The molecule has 4 rings (SSSR count). The molecule has 0 bridgehead atoms. The van der Waals surface area contributed by atoms with Gasteiger partial charge in [-0.3, -0.25) is 14.4 Å². The maximum absolute atomic E-state index is 14.7. The van der Waals surface area contributed by atoms with Crippen molar-refractivity contribution in [3.63, 3.8) is 0 Å². The normalized spacial score (nSPS) is 17.5. The Bertz CT molecular complexity index is 1580. The lowest BCUT2D eigenvalue weighted by atomic mass is 10.1. The summed E-state index contributed by atoms with van der Waals surface area (Å²) in [5.74, 6) is -8.96. The van der Waals surface area contributed by atoms with Gasteiger partial charge in [-0.1, -0.05) is 29.8 Å². The van der Waals surface area contributed by atoms with Crippen molar-refractivity contribution in [3.8, 4) is 0 Å². The van der Waals surface area contributed by atoms with Gasteiger partial charge in [0.1, 0.15) is 15.8 Å². The minimum atomic E-state index is -4.64. The second-order valence-electron chi connectivity index (χ2n) is 8.96. The first-order valence-corrected chi connectivity index (χ1v) is 12.7. The number of hydrogen-bond acceptors (Lipinski definition) is 3. The van der Waals surface area contributed by atoms with Crippen molar-refractivity contribution in [1.82, 2.24) is 0 Å². The fourth-order valence-corrected chi connectivity index (χ4v) is 5.14. The van der Waals surface area contributed by atoms with Gasteiger partial charge in [-0.15, -0.1) is 23.2 Å². The molecule has 3 amide bonds. The van der Waals surface area contributed by atoms with E-state index < -0.39 is 75.1 Å². The molecule has 0 aromatic heterocycles. The second kappa shape index (κ2) is 11.6. The highest BCUT2D eigenvalue weighted by molar-refractivity contribution is 6.53. The smallest absolute Gasteiger partial charge is 0.326 e. The number of hydrogen-bond donors (Lipinski definition) is 3. The van der Waals surface area contributed by atoms with Crippen LogP contribution in [0.1, 0.15) is 27.4 Å². The monoisotopic (exact) mass is 655 g/mol. The molecule has 3 aromatic rings. The third kappa shape index (κ3) is 6.42. The second-order valence-corrected chi connectivity index (χ2v) is 10.8. The summed E-state index contributed by atoms with van der Waals surface area (Å²) in [7, 11) is 0. The zero-order valence-electron chi connectivity index (χ0n) is 20.4. The van der Waals surface area contributed by atoms with Crippen molar-refractivity contribution in [2.75, 3.05) is 16.0 Å². The molecule has 6 nitrogen and oxygen atoms in total. The van der Waals surface area contributed by atoms with Crippen LogP contribution in [0.15, 0.2) is 54.6 Å². The first-order valence-electron chi connectivity index (χ1n) is 11.6. The van der Waals surface area contributed by atoms with Gasteiger partial charge in [-0.05, 0) is 42.0 Å². The summed E-state index contributed by atoms with van der Waals surface area (Å²) in [4.78, 5) is 37.0. The van der Waals surface area contributed by atoms with E-state index in [0.29, 0.717) is 6.07 Å². The van der Waals surface area contributed by atoms with E-state index in [1.54, 1.807) is 0 Å². The number of anilines is 3. The summed E-state index contributed by atoms with van der Waals surface area (Å²) in [5.41, 5.74) is -3.16. The Kier molecular flexibility index (Phi) is 8.68. The maximum Gasteiger partial charge on any atom is 0.416 e. The Morgan fingerprint density at radius 2 is 1.60 bits per heavy atom. The highest BCUT2D eigenvalue weighted by atomic mass is 35.5. The Morgan fingerprint density at radius 1 is 0.905 bits per heavy atom. The third-order valence-electron chi connectivity index (χ3n) is 6.17. The van der Waals surface area contributed by atoms with E-state index in [1.165, 1.54) is 23.5 Å². The van der Waals surface area contributed by atoms with Gasteiger partial charge in [-0.25, -0.2) is 8.78 Å². The van der Waals surface area contributed by atoms with Crippen LogP contribution in [0.3, 0.4) is 0 Å². The van der Waals surface area contributed by atoms with E-state index in [9.17, 15) is 45.1 Å². The lowest BCUT2D eigenvalue weighted by Gasteiger charge is -2.13. The van der Waals surface area contributed by atoms with Gasteiger partial charge in [0, 0.05) is 11.6 Å². The van der Waals surface area contributed by atoms with E-state index in [0.717, 1.165) is 30.3 Å². The number of carbonyl (C=O) groups excluding carboxylic acids is 3. The first-order chi connectivity index (χ1) is 19.5. The van der Waals surface area contributed by atoms with Crippen LogP contribution < -0.4 is 16.0 Å². The van der Waals surface area contributed by atoms with Gasteiger partial charge in [0.15, 0.2) is 5.82 Å². The van der Waals surface area contributed by atoms with Crippen LogP contribution >= 0.6 is 34.8 Å². The molecular formula is C26H15Cl3F7N3O3. The zero-order chi connectivity index (χ0) is 31.1. The summed E-state index contributed by atoms with van der Waals surface area (Å²) in [6.07, 6.45) is -8.21. The predicted octanol–water partition coefficient (Wildman–Crippen LogP) is 7.62. The predicted molar refractivity (Wildman–Crippen MR) is 141 cm³/mol. The van der Waals surface area contributed by atoms with Gasteiger partial charge >= 0.3 is 12.6 Å². The first kappa shape index (κ1) is 31.4. The van der Waals surface area contributed by atoms with Crippen molar-refractivity contribution < 1.29 is 45.1 Å². The van der Waals surface area contributed by atoms with Gasteiger partial charge in [0.25, 0.3) is 11.8 Å². The summed E-state index contributed by atoms with van der Waals surface area (Å²) in [6, 6.07) is 9.09. The quantitative estimate of drug-likeness (QED) is 0.181. The van der Waals surface area contributed by atoms with E-state index in [1.807, 2.05) is 0 Å². The molecule has 0 saturated heterocycles.